The number of likely N-dealkylation sites (tertiary alicyclic amines) is 2. The predicted octanol–water partition coefficient (Wildman–Crippen LogP) is 1.27. The minimum Gasteiger partial charge on any atom is -0.481 e. The van der Waals surface area contributed by atoms with Crippen LogP contribution in [0.3, 0.4) is 0 Å². The first-order valence-electron chi connectivity index (χ1n) is 6.90. The average Bonchev–Trinajstić information content (AvgIpc) is 2.68. The van der Waals surface area contributed by atoms with Crippen molar-refractivity contribution in [3.05, 3.63) is 0 Å². The van der Waals surface area contributed by atoms with Crippen LogP contribution in [0.25, 0.3) is 0 Å². The van der Waals surface area contributed by atoms with E-state index in [9.17, 15) is 4.79 Å². The van der Waals surface area contributed by atoms with Crippen LogP contribution in [0.4, 0.5) is 0 Å². The van der Waals surface area contributed by atoms with Crippen molar-refractivity contribution in [2.24, 2.45) is 5.92 Å². The van der Waals surface area contributed by atoms with Gasteiger partial charge in [-0.2, -0.15) is 0 Å². The lowest BCUT2D eigenvalue weighted by atomic mass is 10.1. The molecule has 2 aliphatic heterocycles. The van der Waals surface area contributed by atoms with Gasteiger partial charge in [-0.1, -0.05) is 6.92 Å². The van der Waals surface area contributed by atoms with E-state index in [0.29, 0.717) is 6.04 Å². The standard InChI is InChI=1S/C13H24N2O2/c1-2-14-7-3-4-12(6-8-14)15-9-5-11(10-15)13(16)17/h11-12H,2-10H2,1H3,(H,16,17). The minimum atomic E-state index is -0.615. The molecule has 2 atom stereocenters. The molecule has 0 amide bonds. The van der Waals surface area contributed by atoms with Crippen LogP contribution in [0.1, 0.15) is 32.6 Å². The van der Waals surface area contributed by atoms with Gasteiger partial charge in [0.05, 0.1) is 5.92 Å². The Morgan fingerprint density at radius 1 is 1.24 bits per heavy atom. The number of carboxylic acid groups (broad SMARTS) is 1. The molecule has 1 N–H and O–H groups in total. The van der Waals surface area contributed by atoms with Crippen molar-refractivity contribution in [3.63, 3.8) is 0 Å². The number of aliphatic carboxylic acids is 1. The van der Waals surface area contributed by atoms with Crippen LogP contribution in [0.15, 0.2) is 0 Å². The maximum absolute atomic E-state index is 11.0. The van der Waals surface area contributed by atoms with E-state index in [4.69, 9.17) is 5.11 Å². The van der Waals surface area contributed by atoms with Gasteiger partial charge in [-0.05, 0) is 51.9 Å². The van der Waals surface area contributed by atoms with Crippen LogP contribution in [-0.4, -0.2) is 59.6 Å². The van der Waals surface area contributed by atoms with Gasteiger partial charge in [0, 0.05) is 12.6 Å². The summed E-state index contributed by atoms with van der Waals surface area (Å²) in [5, 5.41) is 9.03. The third-order valence-electron chi connectivity index (χ3n) is 4.32. The first-order valence-corrected chi connectivity index (χ1v) is 6.90. The van der Waals surface area contributed by atoms with E-state index in [1.807, 2.05) is 0 Å². The molecule has 0 radical (unpaired) electrons. The minimum absolute atomic E-state index is 0.125. The maximum Gasteiger partial charge on any atom is 0.307 e. The lowest BCUT2D eigenvalue weighted by molar-refractivity contribution is -0.141. The lowest BCUT2D eigenvalue weighted by Gasteiger charge is -2.26. The Labute approximate surface area is 104 Å². The Morgan fingerprint density at radius 3 is 2.71 bits per heavy atom. The van der Waals surface area contributed by atoms with Crippen molar-refractivity contribution >= 4 is 5.97 Å². The largest absolute Gasteiger partial charge is 0.481 e. The Morgan fingerprint density at radius 2 is 2.06 bits per heavy atom. The van der Waals surface area contributed by atoms with Gasteiger partial charge in [0.1, 0.15) is 0 Å². The number of hydrogen-bond donors (Lipinski definition) is 1. The molecule has 0 aromatic carbocycles. The van der Waals surface area contributed by atoms with E-state index in [0.717, 1.165) is 26.1 Å². The topological polar surface area (TPSA) is 43.8 Å². The van der Waals surface area contributed by atoms with Gasteiger partial charge in [0.15, 0.2) is 0 Å². The number of hydrogen-bond acceptors (Lipinski definition) is 3. The maximum atomic E-state index is 11.0. The zero-order chi connectivity index (χ0) is 12.3. The third kappa shape index (κ3) is 3.19. The van der Waals surface area contributed by atoms with Gasteiger partial charge >= 0.3 is 5.97 Å². The molecule has 0 aromatic rings. The average molecular weight is 240 g/mol. The SMILES string of the molecule is CCN1CCCC(N2CCC(C(=O)O)C2)CC1. The fraction of sp³-hybridized carbons (Fsp3) is 0.923. The number of carbonyl (C=O) groups is 1. The highest BCUT2D eigenvalue weighted by Crippen LogP contribution is 2.24. The number of rotatable bonds is 3. The summed E-state index contributed by atoms with van der Waals surface area (Å²) in [5.41, 5.74) is 0. The molecule has 2 saturated heterocycles. The smallest absolute Gasteiger partial charge is 0.307 e. The van der Waals surface area contributed by atoms with E-state index >= 15 is 0 Å². The van der Waals surface area contributed by atoms with Crippen LogP contribution in [0.2, 0.25) is 0 Å². The monoisotopic (exact) mass is 240 g/mol. The molecule has 4 nitrogen and oxygen atoms in total. The van der Waals surface area contributed by atoms with E-state index in [2.05, 4.69) is 16.7 Å². The van der Waals surface area contributed by atoms with Crippen molar-refractivity contribution in [2.75, 3.05) is 32.7 Å². The predicted molar refractivity (Wildman–Crippen MR) is 67.1 cm³/mol. The van der Waals surface area contributed by atoms with E-state index in [1.54, 1.807) is 0 Å². The van der Waals surface area contributed by atoms with Crippen LogP contribution >= 0.6 is 0 Å². The van der Waals surface area contributed by atoms with Gasteiger partial charge in [0.25, 0.3) is 0 Å². The first-order chi connectivity index (χ1) is 8.20. The molecule has 2 unspecified atom stereocenters. The summed E-state index contributed by atoms with van der Waals surface area (Å²) >= 11 is 0. The summed E-state index contributed by atoms with van der Waals surface area (Å²) in [4.78, 5) is 15.9. The second-order valence-electron chi connectivity index (χ2n) is 5.34. The van der Waals surface area contributed by atoms with Gasteiger partial charge in [0.2, 0.25) is 0 Å². The highest BCUT2D eigenvalue weighted by molar-refractivity contribution is 5.70. The molecule has 2 rings (SSSR count). The Balaban J connectivity index is 1.84. The molecule has 2 fully saturated rings. The van der Waals surface area contributed by atoms with E-state index in [1.165, 1.54) is 32.4 Å². The molecule has 17 heavy (non-hydrogen) atoms. The molecule has 98 valence electrons. The van der Waals surface area contributed by atoms with Crippen molar-refractivity contribution < 1.29 is 9.90 Å². The fourth-order valence-electron chi connectivity index (χ4n) is 3.14. The van der Waals surface area contributed by atoms with Gasteiger partial charge in [-0.3, -0.25) is 9.69 Å². The molecule has 2 aliphatic rings. The first kappa shape index (κ1) is 12.8. The highest BCUT2D eigenvalue weighted by atomic mass is 16.4. The zero-order valence-corrected chi connectivity index (χ0v) is 10.8. The van der Waals surface area contributed by atoms with Gasteiger partial charge < -0.3 is 10.0 Å². The molecule has 0 bridgehead atoms. The summed E-state index contributed by atoms with van der Waals surface area (Å²) < 4.78 is 0. The molecular formula is C13H24N2O2. The summed E-state index contributed by atoms with van der Waals surface area (Å²) in [7, 11) is 0. The van der Waals surface area contributed by atoms with Crippen molar-refractivity contribution in [2.45, 2.75) is 38.6 Å². The second kappa shape index (κ2) is 5.83. The Bertz CT molecular complexity index is 270. The Hall–Kier alpha value is -0.610. The summed E-state index contributed by atoms with van der Waals surface area (Å²) in [6.07, 6.45) is 4.54. The summed E-state index contributed by atoms with van der Waals surface area (Å²) in [5.74, 6) is -0.739. The number of carboxylic acids is 1. The molecular weight excluding hydrogens is 216 g/mol. The lowest BCUT2D eigenvalue weighted by Crippen LogP contribution is -2.35. The van der Waals surface area contributed by atoms with E-state index < -0.39 is 5.97 Å². The van der Waals surface area contributed by atoms with Crippen LogP contribution in [-0.2, 0) is 4.79 Å². The normalized spacial score (nSPS) is 32.5. The Kier molecular flexibility index (Phi) is 4.40. The van der Waals surface area contributed by atoms with E-state index in [-0.39, 0.29) is 5.92 Å². The van der Waals surface area contributed by atoms with Gasteiger partial charge in [-0.15, -0.1) is 0 Å². The van der Waals surface area contributed by atoms with Gasteiger partial charge in [-0.25, -0.2) is 0 Å². The quantitative estimate of drug-likeness (QED) is 0.807. The molecule has 0 spiro atoms. The fourth-order valence-corrected chi connectivity index (χ4v) is 3.14. The zero-order valence-electron chi connectivity index (χ0n) is 10.8. The molecule has 0 aliphatic carbocycles. The molecule has 2 heterocycles. The number of nitrogens with zero attached hydrogens (tertiary/aromatic N) is 2. The molecule has 0 aromatic heterocycles. The van der Waals surface area contributed by atoms with Crippen LogP contribution in [0, 0.1) is 5.92 Å². The molecule has 4 heteroatoms. The van der Waals surface area contributed by atoms with Crippen LogP contribution in [0.5, 0.6) is 0 Å². The summed E-state index contributed by atoms with van der Waals surface area (Å²) in [6.45, 7) is 7.50. The molecule has 0 saturated carbocycles. The second-order valence-corrected chi connectivity index (χ2v) is 5.34. The summed E-state index contributed by atoms with van der Waals surface area (Å²) in [6, 6.07) is 0.621. The van der Waals surface area contributed by atoms with Crippen molar-refractivity contribution in [1.82, 2.24) is 9.80 Å². The van der Waals surface area contributed by atoms with Crippen molar-refractivity contribution in [1.29, 1.82) is 0 Å². The van der Waals surface area contributed by atoms with Crippen LogP contribution < -0.4 is 0 Å². The highest BCUT2D eigenvalue weighted by Gasteiger charge is 2.32. The van der Waals surface area contributed by atoms with Crippen molar-refractivity contribution in [3.8, 4) is 0 Å². The third-order valence-corrected chi connectivity index (χ3v) is 4.32.